The number of fused-ring (bicyclic) bond motifs is 1. The molecule has 0 spiro atoms. The van der Waals surface area contributed by atoms with Crippen LogP contribution in [0.3, 0.4) is 0 Å². The lowest BCUT2D eigenvalue weighted by molar-refractivity contribution is 0.179. The number of nitrogens with zero attached hydrogens (tertiary/aromatic N) is 3. The summed E-state index contributed by atoms with van der Waals surface area (Å²) in [5.41, 5.74) is 0. The predicted octanol–water partition coefficient (Wildman–Crippen LogP) is 0.814. The second-order valence-corrected chi connectivity index (χ2v) is 5.89. The molecule has 0 aliphatic carbocycles. The first-order valence-corrected chi connectivity index (χ1v) is 8.12. The van der Waals surface area contributed by atoms with E-state index in [-0.39, 0.29) is 6.03 Å². The van der Waals surface area contributed by atoms with E-state index in [0.29, 0.717) is 31.1 Å². The Labute approximate surface area is 130 Å². The van der Waals surface area contributed by atoms with Gasteiger partial charge in [0.15, 0.2) is 0 Å². The first-order chi connectivity index (χ1) is 10.8. The smallest absolute Gasteiger partial charge is 0.315 e. The van der Waals surface area contributed by atoms with Gasteiger partial charge in [0.25, 0.3) is 0 Å². The SMILES string of the molecule is O=C(NCCNc1ncccn1)NC1CCN2CCCCC12. The summed E-state index contributed by atoms with van der Waals surface area (Å²) >= 11 is 0. The topological polar surface area (TPSA) is 82.2 Å². The summed E-state index contributed by atoms with van der Waals surface area (Å²) in [5, 5.41) is 9.08. The van der Waals surface area contributed by atoms with Gasteiger partial charge in [-0.2, -0.15) is 0 Å². The normalized spacial score (nSPS) is 24.5. The van der Waals surface area contributed by atoms with Crippen molar-refractivity contribution in [2.24, 2.45) is 0 Å². The van der Waals surface area contributed by atoms with Crippen LogP contribution in [0.25, 0.3) is 0 Å². The van der Waals surface area contributed by atoms with Crippen molar-refractivity contribution < 1.29 is 4.79 Å². The molecule has 0 radical (unpaired) electrons. The van der Waals surface area contributed by atoms with Gasteiger partial charge in [0.05, 0.1) is 0 Å². The molecular formula is C15H24N6O. The van der Waals surface area contributed by atoms with Gasteiger partial charge in [-0.1, -0.05) is 6.42 Å². The van der Waals surface area contributed by atoms with Crippen LogP contribution in [-0.2, 0) is 0 Å². The van der Waals surface area contributed by atoms with Gasteiger partial charge < -0.3 is 16.0 Å². The number of nitrogens with one attached hydrogen (secondary N) is 3. The lowest BCUT2D eigenvalue weighted by atomic mass is 9.99. The van der Waals surface area contributed by atoms with Crippen molar-refractivity contribution in [3.63, 3.8) is 0 Å². The van der Waals surface area contributed by atoms with Crippen LogP contribution in [0.4, 0.5) is 10.7 Å². The largest absolute Gasteiger partial charge is 0.352 e. The number of hydrogen-bond acceptors (Lipinski definition) is 5. The van der Waals surface area contributed by atoms with E-state index in [1.165, 1.54) is 25.8 Å². The molecule has 3 N–H and O–H groups in total. The number of hydrogen-bond donors (Lipinski definition) is 3. The molecule has 3 rings (SSSR count). The van der Waals surface area contributed by atoms with Gasteiger partial charge in [-0.25, -0.2) is 14.8 Å². The van der Waals surface area contributed by atoms with Crippen LogP contribution in [0.2, 0.25) is 0 Å². The van der Waals surface area contributed by atoms with Gasteiger partial charge in [-0.3, -0.25) is 4.90 Å². The van der Waals surface area contributed by atoms with Crippen LogP contribution in [-0.4, -0.2) is 59.2 Å². The Kier molecular flexibility index (Phi) is 5.05. The highest BCUT2D eigenvalue weighted by Crippen LogP contribution is 2.26. The van der Waals surface area contributed by atoms with E-state index in [1.807, 2.05) is 0 Å². The third-order valence-electron chi connectivity index (χ3n) is 4.43. The van der Waals surface area contributed by atoms with Gasteiger partial charge in [0.1, 0.15) is 0 Å². The molecule has 3 heterocycles. The third-order valence-corrected chi connectivity index (χ3v) is 4.43. The van der Waals surface area contributed by atoms with E-state index in [2.05, 4.69) is 30.8 Å². The summed E-state index contributed by atoms with van der Waals surface area (Å²) in [6, 6.07) is 2.53. The highest BCUT2D eigenvalue weighted by atomic mass is 16.2. The molecule has 2 aliphatic rings. The second-order valence-electron chi connectivity index (χ2n) is 5.89. The lowest BCUT2D eigenvalue weighted by Crippen LogP contribution is -2.50. The predicted molar refractivity (Wildman–Crippen MR) is 84.7 cm³/mol. The molecule has 2 unspecified atom stereocenters. The zero-order valence-electron chi connectivity index (χ0n) is 12.8. The van der Waals surface area contributed by atoms with E-state index >= 15 is 0 Å². The number of aromatic nitrogens is 2. The Hall–Kier alpha value is -1.89. The Balaban J connectivity index is 1.34. The maximum absolute atomic E-state index is 12.0. The zero-order chi connectivity index (χ0) is 15.2. The fourth-order valence-corrected chi connectivity index (χ4v) is 3.38. The maximum atomic E-state index is 12.0. The molecule has 7 heteroatoms. The number of carbonyl (C=O) groups excluding carboxylic acids is 1. The molecule has 2 aliphatic heterocycles. The standard InChI is InChI=1S/C15H24N6O/c22-15(19-9-8-18-14-16-6-3-7-17-14)20-12-5-11-21-10-2-1-4-13(12)21/h3,6-7,12-13H,1-2,4-5,8-11H2,(H,16,17,18)(H2,19,20,22). The van der Waals surface area contributed by atoms with Crippen molar-refractivity contribution in [2.75, 3.05) is 31.5 Å². The minimum atomic E-state index is -0.0757. The summed E-state index contributed by atoms with van der Waals surface area (Å²) in [6.45, 7) is 3.46. The summed E-state index contributed by atoms with van der Waals surface area (Å²) in [5.74, 6) is 0.582. The van der Waals surface area contributed by atoms with Crippen LogP contribution < -0.4 is 16.0 Å². The molecule has 0 saturated carbocycles. The van der Waals surface area contributed by atoms with Crippen LogP contribution in [0, 0.1) is 0 Å². The molecule has 120 valence electrons. The molecule has 1 aromatic rings. The number of urea groups is 1. The van der Waals surface area contributed by atoms with E-state index in [4.69, 9.17) is 0 Å². The number of rotatable bonds is 5. The highest BCUT2D eigenvalue weighted by molar-refractivity contribution is 5.74. The first kappa shape index (κ1) is 15.0. The molecule has 0 aromatic carbocycles. The minimum Gasteiger partial charge on any atom is -0.352 e. The van der Waals surface area contributed by atoms with E-state index in [1.54, 1.807) is 18.5 Å². The van der Waals surface area contributed by atoms with Gasteiger partial charge in [0.2, 0.25) is 5.95 Å². The monoisotopic (exact) mass is 304 g/mol. The number of carbonyl (C=O) groups is 1. The maximum Gasteiger partial charge on any atom is 0.315 e. The van der Waals surface area contributed by atoms with Crippen molar-refractivity contribution in [3.8, 4) is 0 Å². The van der Waals surface area contributed by atoms with Crippen LogP contribution >= 0.6 is 0 Å². The molecule has 2 amide bonds. The average Bonchev–Trinajstić information content (AvgIpc) is 2.96. The first-order valence-electron chi connectivity index (χ1n) is 8.12. The van der Waals surface area contributed by atoms with Crippen LogP contribution in [0.1, 0.15) is 25.7 Å². The lowest BCUT2D eigenvalue weighted by Gasteiger charge is -2.32. The number of amides is 2. The zero-order valence-corrected chi connectivity index (χ0v) is 12.8. The van der Waals surface area contributed by atoms with Gasteiger partial charge >= 0.3 is 6.03 Å². The molecule has 7 nitrogen and oxygen atoms in total. The van der Waals surface area contributed by atoms with Crippen molar-refractivity contribution >= 4 is 12.0 Å². The Morgan fingerprint density at radius 1 is 1.18 bits per heavy atom. The van der Waals surface area contributed by atoms with Gasteiger partial charge in [0, 0.05) is 44.1 Å². The van der Waals surface area contributed by atoms with E-state index in [0.717, 1.165) is 13.0 Å². The number of anilines is 1. The van der Waals surface area contributed by atoms with Crippen molar-refractivity contribution in [1.82, 2.24) is 25.5 Å². The summed E-state index contributed by atoms with van der Waals surface area (Å²) < 4.78 is 0. The van der Waals surface area contributed by atoms with E-state index < -0.39 is 0 Å². The Morgan fingerprint density at radius 3 is 2.91 bits per heavy atom. The Bertz CT molecular complexity index is 482. The molecule has 0 bridgehead atoms. The summed E-state index contributed by atoms with van der Waals surface area (Å²) in [4.78, 5) is 22.6. The number of piperidine rings is 1. The third kappa shape index (κ3) is 3.85. The van der Waals surface area contributed by atoms with E-state index in [9.17, 15) is 4.79 Å². The summed E-state index contributed by atoms with van der Waals surface area (Å²) in [7, 11) is 0. The van der Waals surface area contributed by atoms with Gasteiger partial charge in [-0.05, 0) is 31.9 Å². The quantitative estimate of drug-likeness (QED) is 0.702. The second kappa shape index (κ2) is 7.40. The molecule has 2 saturated heterocycles. The minimum absolute atomic E-state index is 0.0757. The highest BCUT2D eigenvalue weighted by Gasteiger charge is 2.36. The Morgan fingerprint density at radius 2 is 2.05 bits per heavy atom. The molecule has 1 aromatic heterocycles. The van der Waals surface area contributed by atoms with Crippen molar-refractivity contribution in [1.29, 1.82) is 0 Å². The molecule has 22 heavy (non-hydrogen) atoms. The van der Waals surface area contributed by atoms with Crippen LogP contribution in [0.5, 0.6) is 0 Å². The van der Waals surface area contributed by atoms with Crippen molar-refractivity contribution in [2.45, 2.75) is 37.8 Å². The van der Waals surface area contributed by atoms with Crippen molar-refractivity contribution in [3.05, 3.63) is 18.5 Å². The fraction of sp³-hybridized carbons (Fsp3) is 0.667. The average molecular weight is 304 g/mol. The van der Waals surface area contributed by atoms with Crippen LogP contribution in [0.15, 0.2) is 18.5 Å². The summed E-state index contributed by atoms with van der Waals surface area (Å²) in [6.07, 6.45) is 8.22. The van der Waals surface area contributed by atoms with Gasteiger partial charge in [-0.15, -0.1) is 0 Å². The molecule has 2 fully saturated rings. The molecular weight excluding hydrogens is 280 g/mol. The fourth-order valence-electron chi connectivity index (χ4n) is 3.38. The molecule has 2 atom stereocenters.